The first-order valence-electron chi connectivity index (χ1n) is 4.99. The molecule has 0 saturated carbocycles. The van der Waals surface area contributed by atoms with Crippen molar-refractivity contribution in [2.45, 2.75) is 4.90 Å². The van der Waals surface area contributed by atoms with Gasteiger partial charge >= 0.3 is 0 Å². The van der Waals surface area contributed by atoms with Crippen LogP contribution >= 0.6 is 39.1 Å². The maximum atomic E-state index is 12.1. The Balaban J connectivity index is 2.35. The van der Waals surface area contributed by atoms with E-state index in [0.717, 1.165) is 0 Å². The number of halogens is 3. The van der Waals surface area contributed by atoms with Crippen LogP contribution in [0.4, 0.5) is 5.82 Å². The summed E-state index contributed by atoms with van der Waals surface area (Å²) in [5.74, 6) is 0.209. The van der Waals surface area contributed by atoms with Crippen LogP contribution in [0.5, 0.6) is 0 Å². The fraction of sp³-hybridized carbons (Fsp3) is 0. The van der Waals surface area contributed by atoms with E-state index in [0.29, 0.717) is 9.63 Å². The Bertz CT molecular complexity index is 722. The van der Waals surface area contributed by atoms with Crippen LogP contribution in [-0.4, -0.2) is 13.4 Å². The highest BCUT2D eigenvalue weighted by Crippen LogP contribution is 2.25. The topological polar surface area (TPSA) is 59.1 Å². The zero-order chi connectivity index (χ0) is 14.0. The Labute approximate surface area is 128 Å². The lowest BCUT2D eigenvalue weighted by atomic mass is 10.4. The first-order chi connectivity index (χ1) is 8.88. The molecular weight excluding hydrogens is 375 g/mol. The van der Waals surface area contributed by atoms with Gasteiger partial charge in [0.2, 0.25) is 0 Å². The van der Waals surface area contributed by atoms with E-state index >= 15 is 0 Å². The highest BCUT2D eigenvalue weighted by Gasteiger charge is 2.16. The average Bonchev–Trinajstić information content (AvgIpc) is 2.32. The number of hydrogen-bond acceptors (Lipinski definition) is 3. The van der Waals surface area contributed by atoms with E-state index in [2.05, 4.69) is 25.6 Å². The van der Waals surface area contributed by atoms with Gasteiger partial charge in [-0.25, -0.2) is 13.4 Å². The normalized spacial score (nSPS) is 11.3. The van der Waals surface area contributed by atoms with Crippen molar-refractivity contribution in [2.75, 3.05) is 4.72 Å². The number of benzene rings is 1. The third-order valence-corrected chi connectivity index (χ3v) is 4.69. The molecule has 0 bridgehead atoms. The Morgan fingerprint density at radius 1 is 1.11 bits per heavy atom. The molecule has 0 aliphatic carbocycles. The molecule has 0 aliphatic heterocycles. The van der Waals surface area contributed by atoms with Crippen LogP contribution in [0.3, 0.4) is 0 Å². The highest BCUT2D eigenvalue weighted by molar-refractivity contribution is 9.10. The molecule has 100 valence electrons. The summed E-state index contributed by atoms with van der Waals surface area (Å²) >= 11 is 14.7. The predicted octanol–water partition coefficient (Wildman–Crippen LogP) is 3.95. The Morgan fingerprint density at radius 2 is 1.84 bits per heavy atom. The Morgan fingerprint density at radius 3 is 2.47 bits per heavy atom. The summed E-state index contributed by atoms with van der Waals surface area (Å²) in [6.45, 7) is 0. The molecule has 0 aliphatic rings. The zero-order valence-electron chi connectivity index (χ0n) is 9.27. The van der Waals surface area contributed by atoms with Crippen molar-refractivity contribution in [3.63, 3.8) is 0 Å². The molecule has 4 nitrogen and oxygen atoms in total. The quantitative estimate of drug-likeness (QED) is 0.818. The van der Waals surface area contributed by atoms with Crippen LogP contribution < -0.4 is 4.72 Å². The van der Waals surface area contributed by atoms with E-state index < -0.39 is 10.0 Å². The van der Waals surface area contributed by atoms with Gasteiger partial charge in [-0.2, -0.15) is 0 Å². The summed E-state index contributed by atoms with van der Waals surface area (Å²) in [6, 6.07) is 8.98. The molecule has 0 spiro atoms. The van der Waals surface area contributed by atoms with Crippen molar-refractivity contribution < 1.29 is 8.42 Å². The van der Waals surface area contributed by atoms with Gasteiger partial charge in [0, 0.05) is 0 Å². The molecule has 1 N–H and O–H groups in total. The van der Waals surface area contributed by atoms with Crippen molar-refractivity contribution in [3.05, 3.63) is 51.0 Å². The van der Waals surface area contributed by atoms with Crippen LogP contribution in [0.25, 0.3) is 0 Å². The minimum absolute atomic E-state index is 0.0173. The molecule has 1 aromatic carbocycles. The SMILES string of the molecule is O=S(=O)(Nc1cccc(Br)n1)c1ccc(Cl)c(Cl)c1. The second-order valence-electron chi connectivity index (χ2n) is 3.53. The van der Waals surface area contributed by atoms with Gasteiger partial charge in [-0.1, -0.05) is 29.3 Å². The molecule has 0 amide bonds. The van der Waals surface area contributed by atoms with Crippen LogP contribution in [0.1, 0.15) is 0 Å². The van der Waals surface area contributed by atoms with Crippen molar-refractivity contribution >= 4 is 55.0 Å². The maximum Gasteiger partial charge on any atom is 0.263 e. The monoisotopic (exact) mass is 380 g/mol. The average molecular weight is 382 g/mol. The summed E-state index contributed by atoms with van der Waals surface area (Å²) in [7, 11) is -3.75. The molecule has 19 heavy (non-hydrogen) atoms. The molecule has 2 rings (SSSR count). The fourth-order valence-electron chi connectivity index (χ4n) is 1.31. The smallest absolute Gasteiger partial charge is 0.263 e. The molecule has 0 saturated heterocycles. The molecular formula is C11H7BrCl2N2O2S. The summed E-state index contributed by atoms with van der Waals surface area (Å²) in [5.41, 5.74) is 0. The second kappa shape index (κ2) is 5.66. The molecule has 0 fully saturated rings. The summed E-state index contributed by atoms with van der Waals surface area (Å²) in [4.78, 5) is 4.01. The van der Waals surface area contributed by atoms with Crippen molar-refractivity contribution in [2.24, 2.45) is 0 Å². The summed E-state index contributed by atoms with van der Waals surface area (Å²) < 4.78 is 27.1. The molecule has 2 aromatic rings. The van der Waals surface area contributed by atoms with Gasteiger partial charge in [-0.3, -0.25) is 4.72 Å². The minimum atomic E-state index is -3.75. The third kappa shape index (κ3) is 3.60. The number of anilines is 1. The maximum absolute atomic E-state index is 12.1. The van der Waals surface area contributed by atoms with Crippen LogP contribution in [0.15, 0.2) is 45.9 Å². The van der Waals surface area contributed by atoms with E-state index in [1.165, 1.54) is 18.2 Å². The Kier molecular flexibility index (Phi) is 4.35. The van der Waals surface area contributed by atoms with Crippen molar-refractivity contribution in [1.29, 1.82) is 0 Å². The van der Waals surface area contributed by atoms with Crippen LogP contribution in [0, 0.1) is 0 Å². The van der Waals surface area contributed by atoms with Gasteiger partial charge in [0.25, 0.3) is 10.0 Å². The number of pyridine rings is 1. The lowest BCUT2D eigenvalue weighted by Crippen LogP contribution is -2.13. The standard InChI is InChI=1S/C11H7BrCl2N2O2S/c12-10-2-1-3-11(15-10)16-19(17,18)7-4-5-8(13)9(14)6-7/h1-6H,(H,15,16). The van der Waals surface area contributed by atoms with Gasteiger partial charge in [-0.15, -0.1) is 0 Å². The van der Waals surface area contributed by atoms with Gasteiger partial charge in [-0.05, 0) is 46.3 Å². The largest absolute Gasteiger partial charge is 0.263 e. The number of sulfonamides is 1. The van der Waals surface area contributed by atoms with Crippen LogP contribution in [-0.2, 0) is 10.0 Å². The second-order valence-corrected chi connectivity index (χ2v) is 6.84. The van der Waals surface area contributed by atoms with E-state index in [1.807, 2.05) is 0 Å². The molecule has 0 unspecified atom stereocenters. The number of aromatic nitrogens is 1. The van der Waals surface area contributed by atoms with Gasteiger partial charge in [0.15, 0.2) is 0 Å². The number of nitrogens with zero attached hydrogens (tertiary/aromatic N) is 1. The van der Waals surface area contributed by atoms with E-state index in [-0.39, 0.29) is 15.7 Å². The van der Waals surface area contributed by atoms with Gasteiger partial charge in [0.05, 0.1) is 14.9 Å². The van der Waals surface area contributed by atoms with E-state index in [4.69, 9.17) is 23.2 Å². The molecule has 0 atom stereocenters. The fourth-order valence-corrected chi connectivity index (χ4v) is 3.04. The summed E-state index contributed by atoms with van der Waals surface area (Å²) in [6.07, 6.45) is 0. The highest BCUT2D eigenvalue weighted by atomic mass is 79.9. The van der Waals surface area contributed by atoms with Crippen molar-refractivity contribution in [1.82, 2.24) is 4.98 Å². The van der Waals surface area contributed by atoms with E-state index in [1.54, 1.807) is 18.2 Å². The zero-order valence-corrected chi connectivity index (χ0v) is 13.2. The number of nitrogens with one attached hydrogen (secondary N) is 1. The molecule has 1 aromatic heterocycles. The lowest BCUT2D eigenvalue weighted by molar-refractivity contribution is 0.601. The number of hydrogen-bond donors (Lipinski definition) is 1. The number of rotatable bonds is 3. The third-order valence-electron chi connectivity index (χ3n) is 2.16. The Hall–Kier alpha value is -0.820. The molecule has 8 heteroatoms. The predicted molar refractivity (Wildman–Crippen MR) is 79.2 cm³/mol. The molecule has 0 radical (unpaired) electrons. The molecule has 1 heterocycles. The van der Waals surface area contributed by atoms with E-state index in [9.17, 15) is 8.42 Å². The van der Waals surface area contributed by atoms with Crippen molar-refractivity contribution in [3.8, 4) is 0 Å². The first kappa shape index (κ1) is 14.6. The minimum Gasteiger partial charge on any atom is -0.263 e. The van der Waals surface area contributed by atoms with Crippen LogP contribution in [0.2, 0.25) is 10.0 Å². The first-order valence-corrected chi connectivity index (χ1v) is 8.02. The lowest BCUT2D eigenvalue weighted by Gasteiger charge is -2.08. The summed E-state index contributed by atoms with van der Waals surface area (Å²) in [5, 5.41) is 0.466. The van der Waals surface area contributed by atoms with Gasteiger partial charge < -0.3 is 0 Å². The van der Waals surface area contributed by atoms with Gasteiger partial charge in [0.1, 0.15) is 10.4 Å².